The summed E-state index contributed by atoms with van der Waals surface area (Å²) in [6, 6.07) is 0. The molecule has 0 fully saturated rings. The number of halogens is 2. The quantitative estimate of drug-likeness (QED) is 0.354. The molecule has 2 N–H and O–H groups in total. The van der Waals surface area contributed by atoms with Gasteiger partial charge in [-0.2, -0.15) is 17.2 Å². The number of esters is 1. The number of carbonyl (C=O) groups excluding carboxylic acids is 1. The zero-order chi connectivity index (χ0) is 18.1. The lowest BCUT2D eigenvalue weighted by Crippen LogP contribution is -2.40. The zero-order valence-corrected chi connectivity index (χ0v) is 13.9. The number of aliphatic hydroxyl groups excluding tert-OH is 1. The van der Waals surface area contributed by atoms with Crippen molar-refractivity contribution in [1.29, 1.82) is 0 Å². The standard InChI is InChI=1S/C14H22F2O6S/c1-3-4-5-6-7-8-13(2,9-10-17)11-22-12(18)14(15,16)23(19,20)21/h4-5,7-8,17H,3,6,9-11H2,1-2H3,(H,19,20,21)/b5-4+,8-7+. The Kier molecular flexibility index (Phi) is 8.57. The average Bonchev–Trinajstić information content (AvgIpc) is 2.43. The van der Waals surface area contributed by atoms with Gasteiger partial charge in [0.05, 0.1) is 0 Å². The van der Waals surface area contributed by atoms with E-state index in [-0.39, 0.29) is 13.0 Å². The Balaban J connectivity index is 4.88. The second kappa shape index (κ2) is 9.09. The van der Waals surface area contributed by atoms with Gasteiger partial charge in [0, 0.05) is 12.0 Å². The predicted octanol–water partition coefficient (Wildman–Crippen LogP) is 2.31. The van der Waals surface area contributed by atoms with Crippen LogP contribution in [0.15, 0.2) is 24.3 Å². The van der Waals surface area contributed by atoms with E-state index in [4.69, 9.17) is 9.66 Å². The molecular weight excluding hydrogens is 334 g/mol. The van der Waals surface area contributed by atoms with Gasteiger partial charge in [0.25, 0.3) is 0 Å². The molecule has 0 saturated heterocycles. The SMILES string of the molecule is CC/C=C/C/C=C/C(C)(CCO)COC(=O)C(F)(F)S(=O)(=O)O. The highest BCUT2D eigenvalue weighted by molar-refractivity contribution is 7.87. The Labute approximate surface area is 134 Å². The Morgan fingerprint density at radius 2 is 1.87 bits per heavy atom. The highest BCUT2D eigenvalue weighted by Gasteiger charge is 2.54. The lowest BCUT2D eigenvalue weighted by Gasteiger charge is -2.25. The second-order valence-electron chi connectivity index (χ2n) is 5.21. The third-order valence-corrected chi connectivity index (χ3v) is 3.79. The molecule has 0 aromatic rings. The molecule has 0 amide bonds. The molecule has 23 heavy (non-hydrogen) atoms. The van der Waals surface area contributed by atoms with Crippen molar-refractivity contribution >= 4 is 16.1 Å². The van der Waals surface area contributed by atoms with E-state index in [0.717, 1.165) is 6.42 Å². The summed E-state index contributed by atoms with van der Waals surface area (Å²) in [7, 11) is -5.89. The van der Waals surface area contributed by atoms with Gasteiger partial charge in [-0.15, -0.1) is 0 Å². The first-order chi connectivity index (χ1) is 10.5. The van der Waals surface area contributed by atoms with Crippen molar-refractivity contribution in [3.63, 3.8) is 0 Å². The van der Waals surface area contributed by atoms with Gasteiger partial charge in [-0.1, -0.05) is 38.2 Å². The van der Waals surface area contributed by atoms with Gasteiger partial charge >= 0.3 is 21.3 Å². The number of carbonyl (C=O) groups is 1. The maximum atomic E-state index is 13.1. The topological polar surface area (TPSA) is 101 Å². The van der Waals surface area contributed by atoms with Crippen molar-refractivity contribution in [2.75, 3.05) is 13.2 Å². The van der Waals surface area contributed by atoms with Gasteiger partial charge in [-0.3, -0.25) is 4.55 Å². The molecule has 0 aromatic heterocycles. The van der Waals surface area contributed by atoms with Crippen LogP contribution in [0.1, 0.15) is 33.1 Å². The predicted molar refractivity (Wildman–Crippen MR) is 80.5 cm³/mol. The fourth-order valence-corrected chi connectivity index (χ4v) is 1.84. The largest absolute Gasteiger partial charge is 0.465 e. The van der Waals surface area contributed by atoms with Gasteiger partial charge in [-0.25, -0.2) is 4.79 Å². The fourth-order valence-electron chi connectivity index (χ4n) is 1.57. The van der Waals surface area contributed by atoms with Crippen molar-refractivity contribution in [1.82, 2.24) is 0 Å². The molecule has 0 rings (SSSR count). The smallest absolute Gasteiger partial charge is 0.459 e. The van der Waals surface area contributed by atoms with Crippen LogP contribution in [0.4, 0.5) is 8.78 Å². The number of aliphatic hydroxyl groups is 1. The number of allylic oxidation sites excluding steroid dienone is 3. The minimum Gasteiger partial charge on any atom is -0.459 e. The number of rotatable bonds is 10. The van der Waals surface area contributed by atoms with E-state index in [1.54, 1.807) is 19.1 Å². The molecule has 0 aromatic carbocycles. The molecule has 0 aliphatic carbocycles. The van der Waals surface area contributed by atoms with E-state index in [9.17, 15) is 22.0 Å². The van der Waals surface area contributed by atoms with Gasteiger partial charge in [0.15, 0.2) is 0 Å². The summed E-state index contributed by atoms with van der Waals surface area (Å²) in [5, 5.41) is 4.00. The minimum absolute atomic E-state index is 0.117. The van der Waals surface area contributed by atoms with Crippen LogP contribution in [0.5, 0.6) is 0 Å². The van der Waals surface area contributed by atoms with Crippen LogP contribution in [0.25, 0.3) is 0 Å². The first-order valence-electron chi connectivity index (χ1n) is 6.96. The van der Waals surface area contributed by atoms with Crippen LogP contribution in [-0.4, -0.2) is 42.5 Å². The third kappa shape index (κ3) is 7.19. The van der Waals surface area contributed by atoms with E-state index in [2.05, 4.69) is 4.74 Å². The summed E-state index contributed by atoms with van der Waals surface area (Å²) >= 11 is 0. The fraction of sp³-hybridized carbons (Fsp3) is 0.643. The summed E-state index contributed by atoms with van der Waals surface area (Å²) in [6.45, 7) is 2.68. The van der Waals surface area contributed by atoms with Gasteiger partial charge < -0.3 is 9.84 Å². The number of hydrogen-bond donors (Lipinski definition) is 2. The third-order valence-electron chi connectivity index (χ3n) is 2.97. The Bertz CT molecular complexity index is 541. The van der Waals surface area contributed by atoms with Crippen LogP contribution in [0, 0.1) is 5.41 Å². The van der Waals surface area contributed by atoms with Gasteiger partial charge in [0.1, 0.15) is 6.61 Å². The monoisotopic (exact) mass is 356 g/mol. The summed E-state index contributed by atoms with van der Waals surface area (Å²) in [5.41, 5.74) is -0.945. The van der Waals surface area contributed by atoms with E-state index in [1.165, 1.54) is 0 Å². The molecule has 6 nitrogen and oxygen atoms in total. The maximum absolute atomic E-state index is 13.1. The molecule has 0 saturated carbocycles. The Morgan fingerprint density at radius 3 is 2.35 bits per heavy atom. The van der Waals surface area contributed by atoms with Crippen molar-refractivity contribution in [2.45, 2.75) is 38.4 Å². The van der Waals surface area contributed by atoms with E-state index >= 15 is 0 Å². The Hall–Kier alpha value is -1.32. The lowest BCUT2D eigenvalue weighted by atomic mass is 9.87. The number of hydrogen-bond acceptors (Lipinski definition) is 5. The molecule has 0 aliphatic rings. The van der Waals surface area contributed by atoms with Crippen molar-refractivity contribution in [3.05, 3.63) is 24.3 Å². The highest BCUT2D eigenvalue weighted by atomic mass is 32.2. The van der Waals surface area contributed by atoms with Crippen LogP contribution >= 0.6 is 0 Å². The van der Waals surface area contributed by atoms with Crippen molar-refractivity contribution in [2.24, 2.45) is 5.41 Å². The number of alkyl halides is 2. The molecule has 0 bridgehead atoms. The maximum Gasteiger partial charge on any atom is 0.465 e. The highest BCUT2D eigenvalue weighted by Crippen LogP contribution is 2.27. The van der Waals surface area contributed by atoms with Crippen LogP contribution < -0.4 is 0 Å². The summed E-state index contributed by atoms with van der Waals surface area (Å²) in [6.07, 6.45) is 8.69. The molecule has 1 unspecified atom stereocenters. The Morgan fingerprint density at radius 1 is 1.26 bits per heavy atom. The number of ether oxygens (including phenoxy) is 1. The zero-order valence-electron chi connectivity index (χ0n) is 13.0. The first kappa shape index (κ1) is 21.7. The molecule has 1 atom stereocenters. The van der Waals surface area contributed by atoms with Crippen LogP contribution in [0.3, 0.4) is 0 Å². The molecule has 0 heterocycles. The van der Waals surface area contributed by atoms with Gasteiger partial charge in [0.2, 0.25) is 0 Å². The summed E-state index contributed by atoms with van der Waals surface area (Å²) in [5.74, 6) is -2.36. The molecule has 0 radical (unpaired) electrons. The molecular formula is C14H22F2O6S. The second-order valence-corrected chi connectivity index (χ2v) is 6.68. The molecule has 134 valence electrons. The van der Waals surface area contributed by atoms with Crippen LogP contribution in [-0.2, 0) is 19.6 Å². The average molecular weight is 356 g/mol. The van der Waals surface area contributed by atoms with Crippen molar-refractivity contribution in [3.8, 4) is 0 Å². The normalized spacial score (nSPS) is 15.9. The summed E-state index contributed by atoms with van der Waals surface area (Å²) in [4.78, 5) is 11.2. The molecule has 9 heteroatoms. The van der Waals surface area contributed by atoms with Crippen molar-refractivity contribution < 1.29 is 36.4 Å². The lowest BCUT2D eigenvalue weighted by molar-refractivity contribution is -0.164. The van der Waals surface area contributed by atoms with E-state index in [1.807, 2.05) is 19.1 Å². The summed E-state index contributed by atoms with van der Waals surface area (Å²) < 4.78 is 59.7. The van der Waals surface area contributed by atoms with Gasteiger partial charge in [-0.05, 0) is 19.3 Å². The van der Waals surface area contributed by atoms with Crippen LogP contribution in [0.2, 0.25) is 0 Å². The minimum atomic E-state index is -5.89. The first-order valence-corrected chi connectivity index (χ1v) is 8.40. The van der Waals surface area contributed by atoms with E-state index < -0.39 is 33.4 Å². The van der Waals surface area contributed by atoms with E-state index in [0.29, 0.717) is 6.42 Å². The molecule has 0 spiro atoms. The molecule has 0 aliphatic heterocycles.